The molecule has 2 fully saturated rings. The summed E-state index contributed by atoms with van der Waals surface area (Å²) in [6.45, 7) is 2.13. The Morgan fingerprint density at radius 2 is 1.90 bits per heavy atom. The normalized spacial score (nSPS) is 16.0. The van der Waals surface area contributed by atoms with Crippen molar-refractivity contribution in [1.82, 2.24) is 24.2 Å². The highest BCUT2D eigenvalue weighted by Gasteiger charge is 2.38. The topological polar surface area (TPSA) is 80.6 Å². The highest BCUT2D eigenvalue weighted by atomic mass is 35.5. The minimum Gasteiger partial charge on any atom is -0.345 e. The smallest absolute Gasteiger partial charge is 0.345 e. The number of hydrogen-bond acceptors (Lipinski definition) is 3. The predicted molar refractivity (Wildman–Crippen MR) is 148 cm³/mol. The lowest BCUT2D eigenvalue weighted by Gasteiger charge is -2.20. The Morgan fingerprint density at radius 1 is 1.14 bits per heavy atom. The Hall–Kier alpha value is -3.86. The van der Waals surface area contributed by atoms with Crippen LogP contribution in [0.25, 0.3) is 11.1 Å². The van der Waals surface area contributed by atoms with E-state index >= 15 is 0 Å². The average Bonchev–Trinajstić information content (AvgIpc) is 3.89. The van der Waals surface area contributed by atoms with E-state index in [0.717, 1.165) is 25.7 Å². The number of nitrogens with zero attached hydrogens (tertiary/aromatic N) is 4. The maximum absolute atomic E-state index is 14.0. The van der Waals surface area contributed by atoms with Crippen LogP contribution in [-0.4, -0.2) is 24.8 Å². The summed E-state index contributed by atoms with van der Waals surface area (Å²) in [7, 11) is 0. The van der Waals surface area contributed by atoms with Gasteiger partial charge in [-0.05, 0) is 85.5 Å². The number of carbonyl (C=O) groups is 1. The predicted octanol–water partition coefficient (Wildman–Crippen LogP) is 6.73. The van der Waals surface area contributed by atoms with Gasteiger partial charge in [-0.15, -0.1) is 0 Å². The van der Waals surface area contributed by atoms with Crippen molar-refractivity contribution in [3.63, 3.8) is 0 Å². The molecule has 0 saturated heterocycles. The largest absolute Gasteiger partial charge is 0.435 e. The summed E-state index contributed by atoms with van der Waals surface area (Å²) in [6.07, 6.45) is 3.99. The van der Waals surface area contributed by atoms with E-state index in [2.05, 4.69) is 10.4 Å². The van der Waals surface area contributed by atoms with Gasteiger partial charge >= 0.3 is 6.18 Å². The molecular weight excluding hydrogens is 572 g/mol. The summed E-state index contributed by atoms with van der Waals surface area (Å²) in [5.41, 5.74) is 0.724. The summed E-state index contributed by atoms with van der Waals surface area (Å²) in [6, 6.07) is 8.88. The number of halogens is 5. The molecule has 2 aromatic heterocycles. The Morgan fingerprint density at radius 3 is 2.55 bits per heavy atom. The van der Waals surface area contributed by atoms with Crippen molar-refractivity contribution in [2.45, 2.75) is 64.0 Å². The lowest BCUT2D eigenvalue weighted by atomic mass is 9.98. The van der Waals surface area contributed by atoms with E-state index in [1.54, 1.807) is 35.9 Å². The van der Waals surface area contributed by atoms with Crippen molar-refractivity contribution in [3.8, 4) is 11.1 Å². The minimum atomic E-state index is -4.70. The summed E-state index contributed by atoms with van der Waals surface area (Å²) in [5, 5.41) is 15.3. The first-order chi connectivity index (χ1) is 20.0. The summed E-state index contributed by atoms with van der Waals surface area (Å²) >= 11 is 6.02. The van der Waals surface area contributed by atoms with Gasteiger partial charge in [-0.25, -0.2) is 4.39 Å². The van der Waals surface area contributed by atoms with E-state index in [-0.39, 0.29) is 46.3 Å². The van der Waals surface area contributed by atoms with Crippen molar-refractivity contribution >= 4 is 17.5 Å². The van der Waals surface area contributed by atoms with Gasteiger partial charge in [-0.2, -0.15) is 18.3 Å². The molecule has 12 heteroatoms. The number of carbonyl (C=O) groups excluding carboxylic acids is 1. The molecule has 0 spiro atoms. The molecule has 0 unspecified atom stereocenters. The molecule has 4 aromatic rings. The van der Waals surface area contributed by atoms with Crippen LogP contribution >= 0.6 is 11.6 Å². The number of amides is 1. The van der Waals surface area contributed by atoms with Crippen molar-refractivity contribution in [3.05, 3.63) is 93.8 Å². The Bertz CT molecular complexity index is 1710. The zero-order valence-corrected chi connectivity index (χ0v) is 23.5. The first-order valence-electron chi connectivity index (χ1n) is 13.9. The third-order valence-corrected chi connectivity index (χ3v) is 8.11. The number of hydrogen-bond donors (Lipinski definition) is 2. The second-order valence-corrected chi connectivity index (χ2v) is 11.4. The van der Waals surface area contributed by atoms with Crippen LogP contribution < -0.4 is 10.9 Å². The molecule has 0 radical (unpaired) electrons. The van der Waals surface area contributed by atoms with Crippen LogP contribution in [0.4, 0.5) is 17.6 Å². The number of benzene rings is 2. The molecule has 42 heavy (non-hydrogen) atoms. The molecule has 1 amide bonds. The standard InChI is InChI=1S/C30H29ClF4N6O/c1-2-40-16-23(27(38-40)30(33,34)35)20-11-17(15-39-9-10-41(29(39)36)22-6-7-22)12-21(13-20)28(42)37-26(18-3-4-18)19-5-8-25(32)24(31)14-19/h5,8-14,16,18,22,26,36H,2-4,6-7,15H2,1H3,(H,37,42)/t26-/m0/s1. The number of aryl methyl sites for hydroxylation is 1. The van der Waals surface area contributed by atoms with Crippen LogP contribution in [-0.2, 0) is 19.3 Å². The maximum Gasteiger partial charge on any atom is 0.435 e. The third-order valence-electron chi connectivity index (χ3n) is 7.82. The molecule has 2 aliphatic carbocycles. The van der Waals surface area contributed by atoms with Crippen molar-refractivity contribution in [2.75, 3.05) is 0 Å². The second-order valence-electron chi connectivity index (χ2n) is 11.0. The fraction of sp³-hybridized carbons (Fsp3) is 0.367. The first-order valence-corrected chi connectivity index (χ1v) is 14.3. The van der Waals surface area contributed by atoms with E-state index in [9.17, 15) is 22.4 Å². The van der Waals surface area contributed by atoms with Gasteiger partial charge < -0.3 is 14.5 Å². The van der Waals surface area contributed by atoms with Crippen molar-refractivity contribution < 1.29 is 22.4 Å². The number of nitrogens with one attached hydrogen (secondary N) is 2. The molecule has 1 atom stereocenters. The van der Waals surface area contributed by atoms with Crippen LogP contribution in [0.15, 0.2) is 55.0 Å². The van der Waals surface area contributed by atoms with Gasteiger partial charge in [0.05, 0.1) is 17.6 Å². The van der Waals surface area contributed by atoms with Crippen LogP contribution in [0.2, 0.25) is 5.02 Å². The van der Waals surface area contributed by atoms with Gasteiger partial charge in [0.25, 0.3) is 5.91 Å². The molecule has 2 heterocycles. The van der Waals surface area contributed by atoms with Crippen LogP contribution in [0.1, 0.15) is 71.9 Å². The van der Waals surface area contributed by atoms with Crippen molar-refractivity contribution in [2.24, 2.45) is 5.92 Å². The SMILES string of the molecule is CCn1cc(-c2cc(Cn3ccn(C4CC4)c3=N)cc(C(=O)N[C@H](c3ccc(F)c(Cl)c3)C3CC3)c2)c(C(F)(F)F)n1. The molecule has 0 bridgehead atoms. The van der Waals surface area contributed by atoms with E-state index in [4.69, 9.17) is 17.0 Å². The molecule has 2 saturated carbocycles. The second kappa shape index (κ2) is 10.8. The van der Waals surface area contributed by atoms with Crippen LogP contribution in [0.3, 0.4) is 0 Å². The van der Waals surface area contributed by atoms with Gasteiger partial charge in [0, 0.05) is 42.3 Å². The third kappa shape index (κ3) is 5.74. The first kappa shape index (κ1) is 28.3. The number of aromatic nitrogens is 4. The quantitative estimate of drug-likeness (QED) is 0.209. The van der Waals surface area contributed by atoms with E-state index in [0.29, 0.717) is 17.2 Å². The molecule has 0 aliphatic heterocycles. The lowest BCUT2D eigenvalue weighted by molar-refractivity contribution is -0.141. The molecule has 2 aliphatic rings. The Kier molecular flexibility index (Phi) is 7.24. The highest BCUT2D eigenvalue weighted by Crippen LogP contribution is 2.42. The summed E-state index contributed by atoms with van der Waals surface area (Å²) in [4.78, 5) is 13.7. The van der Waals surface area contributed by atoms with Gasteiger partial charge in [0.15, 0.2) is 5.69 Å². The monoisotopic (exact) mass is 600 g/mol. The Balaban J connectivity index is 1.40. The van der Waals surface area contributed by atoms with E-state index in [1.165, 1.54) is 29.1 Å². The van der Waals surface area contributed by atoms with Gasteiger partial charge in [-0.1, -0.05) is 17.7 Å². The lowest BCUT2D eigenvalue weighted by Crippen LogP contribution is -2.30. The van der Waals surface area contributed by atoms with Crippen LogP contribution in [0, 0.1) is 17.1 Å². The molecule has 2 aromatic carbocycles. The van der Waals surface area contributed by atoms with Crippen LogP contribution in [0.5, 0.6) is 0 Å². The summed E-state index contributed by atoms with van der Waals surface area (Å²) in [5.74, 6) is -0.895. The molecule has 220 valence electrons. The molecule has 7 nitrogen and oxygen atoms in total. The number of alkyl halides is 3. The minimum absolute atomic E-state index is 0.0503. The van der Waals surface area contributed by atoms with E-state index in [1.807, 2.05) is 10.8 Å². The number of imidazole rings is 1. The van der Waals surface area contributed by atoms with Gasteiger partial charge in [-0.3, -0.25) is 14.9 Å². The fourth-order valence-corrected chi connectivity index (χ4v) is 5.51. The van der Waals surface area contributed by atoms with Gasteiger partial charge in [0.1, 0.15) is 5.82 Å². The van der Waals surface area contributed by atoms with E-state index < -0.39 is 29.6 Å². The van der Waals surface area contributed by atoms with Gasteiger partial charge in [0.2, 0.25) is 5.62 Å². The zero-order chi connectivity index (χ0) is 29.8. The molecular formula is C30H29ClF4N6O. The summed E-state index contributed by atoms with van der Waals surface area (Å²) < 4.78 is 60.7. The average molecular weight is 601 g/mol. The van der Waals surface area contributed by atoms with Crippen molar-refractivity contribution in [1.29, 1.82) is 5.41 Å². The highest BCUT2D eigenvalue weighted by molar-refractivity contribution is 6.30. The Labute approximate surface area is 244 Å². The zero-order valence-electron chi connectivity index (χ0n) is 22.8. The fourth-order valence-electron chi connectivity index (χ4n) is 5.32. The maximum atomic E-state index is 14.0. The molecule has 6 rings (SSSR count). The molecule has 2 N–H and O–H groups in total. The number of rotatable bonds is 9.